The smallest absolute Gasteiger partial charge is 0.308 e. The van der Waals surface area contributed by atoms with Crippen molar-refractivity contribution in [2.75, 3.05) is 7.11 Å². The lowest BCUT2D eigenvalue weighted by Crippen LogP contribution is -2.23. The molecule has 0 saturated heterocycles. The number of pyridine rings is 1. The first-order valence-corrected chi connectivity index (χ1v) is 12.6. The third-order valence-corrected chi connectivity index (χ3v) is 7.48. The number of carbonyl (C=O) groups is 1. The predicted molar refractivity (Wildman–Crippen MR) is 141 cm³/mol. The van der Waals surface area contributed by atoms with Crippen LogP contribution in [0.3, 0.4) is 0 Å². The number of fused-ring (bicyclic) bond motifs is 2. The van der Waals surface area contributed by atoms with E-state index in [1.807, 2.05) is 30.5 Å². The van der Waals surface area contributed by atoms with Gasteiger partial charge in [-0.05, 0) is 37.8 Å². The number of esters is 1. The molecule has 0 unspecified atom stereocenters. The van der Waals surface area contributed by atoms with Crippen LogP contribution in [0.15, 0.2) is 73.1 Å². The van der Waals surface area contributed by atoms with Gasteiger partial charge in [0.15, 0.2) is 5.15 Å². The van der Waals surface area contributed by atoms with Crippen LogP contribution in [0.5, 0.6) is 0 Å². The number of nitrogens with zero attached hydrogens (tertiary/aromatic N) is 4. The molecule has 5 aromatic rings. The average Bonchev–Trinajstić information content (AvgIpc) is 3.33. The topological polar surface area (TPSA) is 69.4 Å². The molecule has 1 saturated carbocycles. The number of rotatable bonds is 4. The number of imidazole rings is 1. The van der Waals surface area contributed by atoms with Crippen LogP contribution < -0.4 is 0 Å². The van der Waals surface area contributed by atoms with Crippen molar-refractivity contribution in [3.8, 4) is 22.5 Å². The van der Waals surface area contributed by atoms with E-state index < -0.39 is 0 Å². The second kappa shape index (κ2) is 9.36. The van der Waals surface area contributed by atoms with E-state index in [0.717, 1.165) is 70.4 Å². The van der Waals surface area contributed by atoms with Crippen molar-refractivity contribution in [3.63, 3.8) is 0 Å². The Labute approximate surface area is 213 Å². The minimum atomic E-state index is -0.118. The number of carbonyl (C=O) groups excluding carboxylic acids is 1. The van der Waals surface area contributed by atoms with Crippen molar-refractivity contribution in [1.29, 1.82) is 0 Å². The molecular weight excluding hydrogens is 472 g/mol. The molecule has 1 aliphatic rings. The van der Waals surface area contributed by atoms with Gasteiger partial charge in [-0.1, -0.05) is 60.1 Å². The molecule has 0 radical (unpaired) electrons. The Hall–Kier alpha value is -3.77. The van der Waals surface area contributed by atoms with Crippen LogP contribution in [0, 0.1) is 5.92 Å². The van der Waals surface area contributed by atoms with Crippen LogP contribution in [0.25, 0.3) is 38.9 Å². The Kier molecular flexibility index (Phi) is 5.89. The summed E-state index contributed by atoms with van der Waals surface area (Å²) in [5, 5.41) is 1.48. The van der Waals surface area contributed by atoms with E-state index in [9.17, 15) is 4.79 Å². The Morgan fingerprint density at radius 3 is 2.53 bits per heavy atom. The van der Waals surface area contributed by atoms with Crippen molar-refractivity contribution >= 4 is 34.0 Å². The minimum Gasteiger partial charge on any atom is -0.469 e. The molecule has 0 spiro atoms. The summed E-state index contributed by atoms with van der Waals surface area (Å²) < 4.78 is 7.02. The van der Waals surface area contributed by atoms with Gasteiger partial charge in [-0.2, -0.15) is 0 Å². The first-order valence-electron chi connectivity index (χ1n) is 12.2. The standard InChI is InChI=1S/C29H25ClN4O2/c1-36-29(35)21-10-8-20(9-11-21)28-33-25(26-27(30)31-15-16-34(26)28)22-12-7-19-13-14-23(32-24(19)17-22)18-5-3-2-4-6-18/h2-7,12-17,20-21H,8-11H2,1H3. The Bertz CT molecular complexity index is 1570. The molecule has 3 aromatic heterocycles. The highest BCUT2D eigenvalue weighted by atomic mass is 35.5. The molecule has 7 heteroatoms. The quantitative estimate of drug-likeness (QED) is 0.258. The number of hydrogen-bond donors (Lipinski definition) is 0. The zero-order chi connectivity index (χ0) is 24.6. The largest absolute Gasteiger partial charge is 0.469 e. The number of hydrogen-bond acceptors (Lipinski definition) is 5. The van der Waals surface area contributed by atoms with Crippen molar-refractivity contribution in [2.24, 2.45) is 5.92 Å². The van der Waals surface area contributed by atoms with E-state index in [1.54, 1.807) is 6.20 Å². The fraction of sp³-hybridized carbons (Fsp3) is 0.241. The molecule has 6 rings (SSSR count). The molecule has 180 valence electrons. The summed E-state index contributed by atoms with van der Waals surface area (Å²) in [6, 6.07) is 20.5. The van der Waals surface area contributed by atoms with E-state index in [-0.39, 0.29) is 17.8 Å². The molecule has 0 aliphatic heterocycles. The highest BCUT2D eigenvalue weighted by molar-refractivity contribution is 6.33. The van der Waals surface area contributed by atoms with E-state index in [0.29, 0.717) is 5.15 Å². The van der Waals surface area contributed by atoms with Crippen molar-refractivity contribution < 1.29 is 9.53 Å². The van der Waals surface area contributed by atoms with E-state index in [2.05, 4.69) is 45.8 Å². The molecule has 0 bridgehead atoms. The lowest BCUT2D eigenvalue weighted by molar-refractivity contribution is -0.146. The highest BCUT2D eigenvalue weighted by Gasteiger charge is 2.31. The van der Waals surface area contributed by atoms with Gasteiger partial charge in [0.25, 0.3) is 0 Å². The molecule has 2 aromatic carbocycles. The van der Waals surface area contributed by atoms with Crippen LogP contribution in [0.2, 0.25) is 5.15 Å². The SMILES string of the molecule is COC(=O)C1CCC(c2nc(-c3ccc4ccc(-c5ccccc5)nc4c3)c3c(Cl)nccn23)CC1. The van der Waals surface area contributed by atoms with Crippen molar-refractivity contribution in [1.82, 2.24) is 19.4 Å². The average molecular weight is 497 g/mol. The fourth-order valence-corrected chi connectivity index (χ4v) is 5.54. The maximum Gasteiger partial charge on any atom is 0.308 e. The van der Waals surface area contributed by atoms with Gasteiger partial charge in [-0.25, -0.2) is 15.0 Å². The molecule has 1 fully saturated rings. The zero-order valence-electron chi connectivity index (χ0n) is 19.9. The third kappa shape index (κ3) is 4.01. The number of benzene rings is 2. The summed E-state index contributed by atoms with van der Waals surface area (Å²) in [5.74, 6) is 1.04. The van der Waals surface area contributed by atoms with Crippen LogP contribution in [0.1, 0.15) is 37.4 Å². The number of ether oxygens (including phenoxy) is 1. The molecule has 6 nitrogen and oxygen atoms in total. The van der Waals surface area contributed by atoms with Gasteiger partial charge in [0.05, 0.1) is 29.9 Å². The maximum absolute atomic E-state index is 12.0. The second-order valence-electron chi connectivity index (χ2n) is 9.30. The summed E-state index contributed by atoms with van der Waals surface area (Å²) in [6.07, 6.45) is 6.96. The van der Waals surface area contributed by atoms with Crippen LogP contribution >= 0.6 is 11.6 Å². The Morgan fingerprint density at radius 2 is 1.75 bits per heavy atom. The van der Waals surface area contributed by atoms with E-state index in [4.69, 9.17) is 26.3 Å². The Balaban J connectivity index is 1.42. The Morgan fingerprint density at radius 1 is 0.972 bits per heavy atom. The van der Waals surface area contributed by atoms with Crippen molar-refractivity contribution in [3.05, 3.63) is 84.0 Å². The van der Waals surface area contributed by atoms with Crippen LogP contribution in [-0.4, -0.2) is 32.4 Å². The summed E-state index contributed by atoms with van der Waals surface area (Å²) in [6.45, 7) is 0. The monoisotopic (exact) mass is 496 g/mol. The van der Waals surface area contributed by atoms with Gasteiger partial charge in [-0.3, -0.25) is 9.20 Å². The molecule has 0 N–H and O–H groups in total. The molecule has 0 atom stereocenters. The summed E-state index contributed by atoms with van der Waals surface area (Å²) in [4.78, 5) is 26.4. The number of halogens is 1. The van der Waals surface area contributed by atoms with Gasteiger partial charge in [0.2, 0.25) is 0 Å². The molecule has 36 heavy (non-hydrogen) atoms. The van der Waals surface area contributed by atoms with Gasteiger partial charge in [-0.15, -0.1) is 0 Å². The number of aromatic nitrogens is 4. The molecular formula is C29H25ClN4O2. The first kappa shape index (κ1) is 22.7. The molecule has 1 aliphatic carbocycles. The van der Waals surface area contributed by atoms with Crippen LogP contribution in [0.4, 0.5) is 0 Å². The lowest BCUT2D eigenvalue weighted by atomic mass is 9.81. The van der Waals surface area contributed by atoms with Crippen molar-refractivity contribution in [2.45, 2.75) is 31.6 Å². The normalized spacial score (nSPS) is 17.9. The van der Waals surface area contributed by atoms with Gasteiger partial charge in [0.1, 0.15) is 11.3 Å². The van der Waals surface area contributed by atoms with E-state index >= 15 is 0 Å². The van der Waals surface area contributed by atoms with E-state index in [1.165, 1.54) is 7.11 Å². The third-order valence-electron chi connectivity index (χ3n) is 7.20. The molecule has 3 heterocycles. The lowest BCUT2D eigenvalue weighted by Gasteiger charge is -2.26. The summed E-state index contributed by atoms with van der Waals surface area (Å²) in [5.41, 5.74) is 5.44. The predicted octanol–water partition coefficient (Wildman–Crippen LogP) is 6.71. The second-order valence-corrected chi connectivity index (χ2v) is 9.65. The first-order chi connectivity index (χ1) is 17.6. The summed E-state index contributed by atoms with van der Waals surface area (Å²) >= 11 is 6.62. The van der Waals surface area contributed by atoms with Gasteiger partial charge in [0, 0.05) is 34.8 Å². The fourth-order valence-electron chi connectivity index (χ4n) is 5.30. The van der Waals surface area contributed by atoms with Crippen LogP contribution in [-0.2, 0) is 9.53 Å². The van der Waals surface area contributed by atoms with Gasteiger partial charge >= 0.3 is 5.97 Å². The number of methoxy groups -OCH3 is 1. The highest BCUT2D eigenvalue weighted by Crippen LogP contribution is 2.39. The summed E-state index contributed by atoms with van der Waals surface area (Å²) in [7, 11) is 1.46. The minimum absolute atomic E-state index is 0.0347. The van der Waals surface area contributed by atoms with Gasteiger partial charge < -0.3 is 4.74 Å². The zero-order valence-corrected chi connectivity index (χ0v) is 20.7. The molecule has 0 amide bonds. The maximum atomic E-state index is 12.0.